The van der Waals surface area contributed by atoms with Gasteiger partial charge in [0.05, 0.1) is 0 Å². The van der Waals surface area contributed by atoms with Gasteiger partial charge in [-0.1, -0.05) is 25.1 Å². The molecular formula is C18H18F2IN3O2. The molecule has 0 aliphatic heterocycles. The molecule has 2 aromatic rings. The third kappa shape index (κ3) is 5.20. The van der Waals surface area contributed by atoms with Gasteiger partial charge in [0, 0.05) is 52.9 Å². The Balaban J connectivity index is 2.10. The number of amides is 2. The van der Waals surface area contributed by atoms with Crippen LogP contribution in [0.1, 0.15) is 40.4 Å². The molecule has 0 spiro atoms. The summed E-state index contributed by atoms with van der Waals surface area (Å²) in [7, 11) is 0. The molecule has 0 atom stereocenters. The van der Waals surface area contributed by atoms with Crippen LogP contribution in [0.25, 0.3) is 0 Å². The van der Waals surface area contributed by atoms with E-state index in [-0.39, 0.29) is 29.7 Å². The number of hydrogen-bond donors (Lipinski definition) is 2. The van der Waals surface area contributed by atoms with E-state index in [4.69, 9.17) is 0 Å². The highest BCUT2D eigenvalue weighted by Gasteiger charge is 2.29. The van der Waals surface area contributed by atoms with Gasteiger partial charge in [0.15, 0.2) is 0 Å². The Bertz CT molecular complexity index is 822. The number of nitrogens with one attached hydrogen (secondary N) is 2. The summed E-state index contributed by atoms with van der Waals surface area (Å²) in [5, 5.41) is 5.28. The molecule has 2 rings (SSSR count). The van der Waals surface area contributed by atoms with Gasteiger partial charge in [0.2, 0.25) is 5.91 Å². The van der Waals surface area contributed by atoms with E-state index in [9.17, 15) is 18.4 Å². The van der Waals surface area contributed by atoms with Crippen LogP contribution in [-0.4, -0.2) is 16.8 Å². The monoisotopic (exact) mass is 473 g/mol. The zero-order valence-corrected chi connectivity index (χ0v) is 16.4. The SMILES string of the molecule is CCC(=O)Nc1cc(C(=O)NCc2cccc(C(F)(F)I)c2C)ccn1. The highest BCUT2D eigenvalue weighted by molar-refractivity contribution is 14.1. The first-order chi connectivity index (χ1) is 12.2. The highest BCUT2D eigenvalue weighted by atomic mass is 127. The number of anilines is 1. The fourth-order valence-corrected chi connectivity index (χ4v) is 2.92. The lowest BCUT2D eigenvalue weighted by Gasteiger charge is -2.16. The van der Waals surface area contributed by atoms with Crippen LogP contribution in [0.2, 0.25) is 0 Å². The fourth-order valence-electron chi connectivity index (χ4n) is 2.33. The van der Waals surface area contributed by atoms with Crippen LogP contribution in [0.3, 0.4) is 0 Å². The number of alkyl halides is 3. The third-order valence-corrected chi connectivity index (χ3v) is 4.38. The van der Waals surface area contributed by atoms with Gasteiger partial charge in [-0.05, 0) is 30.2 Å². The lowest BCUT2D eigenvalue weighted by atomic mass is 10.0. The zero-order valence-electron chi connectivity index (χ0n) is 14.3. The average molecular weight is 473 g/mol. The Kier molecular flexibility index (Phi) is 6.63. The number of halogens is 3. The summed E-state index contributed by atoms with van der Waals surface area (Å²) >= 11 is 1.09. The van der Waals surface area contributed by atoms with Gasteiger partial charge in [0.1, 0.15) is 5.82 Å². The van der Waals surface area contributed by atoms with Crippen molar-refractivity contribution in [2.45, 2.75) is 30.7 Å². The molecule has 0 fully saturated rings. The second kappa shape index (κ2) is 8.52. The van der Waals surface area contributed by atoms with Gasteiger partial charge in [-0.25, -0.2) is 4.98 Å². The van der Waals surface area contributed by atoms with E-state index in [0.717, 1.165) is 22.6 Å². The molecular weight excluding hydrogens is 455 g/mol. The molecule has 0 aliphatic rings. The van der Waals surface area contributed by atoms with Gasteiger partial charge in [0.25, 0.3) is 5.91 Å². The fraction of sp³-hybridized carbons (Fsp3) is 0.278. The van der Waals surface area contributed by atoms with Gasteiger partial charge < -0.3 is 10.6 Å². The van der Waals surface area contributed by atoms with Crippen molar-refractivity contribution < 1.29 is 18.4 Å². The standard InChI is InChI=1S/C18H18F2IN3O2/c1-3-16(25)24-15-9-12(7-8-22-15)17(26)23-10-13-5-4-6-14(11(13)2)18(19,20)21/h4-9H,3,10H2,1-2H3,(H,23,26)(H,22,24,25). The smallest absolute Gasteiger partial charge is 0.321 e. The van der Waals surface area contributed by atoms with E-state index in [0.29, 0.717) is 23.1 Å². The Morgan fingerprint density at radius 2 is 2.00 bits per heavy atom. The number of carbonyl (C=O) groups is 2. The van der Waals surface area contributed by atoms with Crippen LogP contribution in [0, 0.1) is 6.92 Å². The quantitative estimate of drug-likeness (QED) is 0.489. The maximum absolute atomic E-state index is 13.6. The van der Waals surface area contributed by atoms with E-state index in [1.807, 2.05) is 0 Å². The summed E-state index contributed by atoms with van der Waals surface area (Å²) in [5.74, 6) is -0.306. The minimum absolute atomic E-state index is 0.0710. The maximum atomic E-state index is 13.6. The summed E-state index contributed by atoms with van der Waals surface area (Å²) in [6.45, 7) is 3.43. The summed E-state index contributed by atoms with van der Waals surface area (Å²) in [5.41, 5.74) is 1.30. The molecule has 0 saturated carbocycles. The number of rotatable bonds is 6. The molecule has 2 N–H and O–H groups in total. The van der Waals surface area contributed by atoms with Gasteiger partial charge >= 0.3 is 3.93 Å². The second-order valence-corrected chi connectivity index (χ2v) is 6.96. The molecule has 0 unspecified atom stereocenters. The van der Waals surface area contributed by atoms with E-state index >= 15 is 0 Å². The normalized spacial score (nSPS) is 11.1. The Morgan fingerprint density at radius 1 is 1.27 bits per heavy atom. The van der Waals surface area contributed by atoms with Crippen LogP contribution in [0.15, 0.2) is 36.5 Å². The second-order valence-electron chi connectivity index (χ2n) is 5.60. The summed E-state index contributed by atoms with van der Waals surface area (Å²) < 4.78 is 24.2. The molecule has 26 heavy (non-hydrogen) atoms. The van der Waals surface area contributed by atoms with Gasteiger partial charge in [-0.2, -0.15) is 8.78 Å². The summed E-state index contributed by atoms with van der Waals surface area (Å²) in [6, 6.07) is 7.59. The maximum Gasteiger partial charge on any atom is 0.321 e. The Hall–Kier alpha value is -2.10. The molecule has 1 heterocycles. The number of pyridine rings is 1. The Morgan fingerprint density at radius 3 is 2.65 bits per heavy atom. The summed E-state index contributed by atoms with van der Waals surface area (Å²) in [4.78, 5) is 27.7. The topological polar surface area (TPSA) is 71.1 Å². The van der Waals surface area contributed by atoms with Crippen LogP contribution in [0.4, 0.5) is 14.6 Å². The molecule has 1 aromatic heterocycles. The van der Waals surface area contributed by atoms with Crippen LogP contribution in [-0.2, 0) is 15.3 Å². The minimum Gasteiger partial charge on any atom is -0.348 e. The minimum atomic E-state index is -2.97. The molecule has 138 valence electrons. The van der Waals surface area contributed by atoms with E-state index in [1.54, 1.807) is 26.0 Å². The van der Waals surface area contributed by atoms with Crippen molar-refractivity contribution in [2.24, 2.45) is 0 Å². The van der Waals surface area contributed by atoms with Crippen LogP contribution in [0.5, 0.6) is 0 Å². The molecule has 0 aliphatic carbocycles. The van der Waals surface area contributed by atoms with Crippen LogP contribution < -0.4 is 10.6 Å². The number of benzene rings is 1. The highest BCUT2D eigenvalue weighted by Crippen LogP contribution is 2.37. The van der Waals surface area contributed by atoms with E-state index < -0.39 is 3.93 Å². The molecule has 0 bridgehead atoms. The van der Waals surface area contributed by atoms with Crippen LogP contribution >= 0.6 is 22.6 Å². The Labute approximate surface area is 163 Å². The van der Waals surface area contributed by atoms with Crippen molar-refractivity contribution in [3.05, 3.63) is 58.8 Å². The first kappa shape index (κ1) is 20.2. The molecule has 0 saturated heterocycles. The van der Waals surface area contributed by atoms with Crippen molar-refractivity contribution in [1.29, 1.82) is 0 Å². The molecule has 0 radical (unpaired) electrons. The van der Waals surface area contributed by atoms with Crippen molar-refractivity contribution in [1.82, 2.24) is 10.3 Å². The largest absolute Gasteiger partial charge is 0.348 e. The first-order valence-electron chi connectivity index (χ1n) is 7.92. The molecule has 8 heteroatoms. The van der Waals surface area contributed by atoms with E-state index in [2.05, 4.69) is 15.6 Å². The molecule has 2 amide bonds. The number of nitrogens with zero attached hydrogens (tertiary/aromatic N) is 1. The lowest BCUT2D eigenvalue weighted by Crippen LogP contribution is -2.24. The number of hydrogen-bond acceptors (Lipinski definition) is 3. The third-order valence-electron chi connectivity index (χ3n) is 3.80. The van der Waals surface area contributed by atoms with Gasteiger partial charge in [-0.3, -0.25) is 9.59 Å². The first-order valence-corrected chi connectivity index (χ1v) is 9.00. The average Bonchev–Trinajstić information content (AvgIpc) is 2.59. The summed E-state index contributed by atoms with van der Waals surface area (Å²) in [6.07, 6.45) is 1.72. The lowest BCUT2D eigenvalue weighted by molar-refractivity contribution is -0.115. The van der Waals surface area contributed by atoms with Crippen molar-refractivity contribution in [2.75, 3.05) is 5.32 Å². The molecule has 1 aromatic carbocycles. The van der Waals surface area contributed by atoms with E-state index in [1.165, 1.54) is 24.4 Å². The van der Waals surface area contributed by atoms with Crippen molar-refractivity contribution in [3.63, 3.8) is 0 Å². The van der Waals surface area contributed by atoms with Crippen molar-refractivity contribution in [3.8, 4) is 0 Å². The predicted molar refractivity (Wildman–Crippen MR) is 103 cm³/mol. The number of carbonyl (C=O) groups excluding carboxylic acids is 2. The predicted octanol–water partition coefficient (Wildman–Crippen LogP) is 4.15. The van der Waals surface area contributed by atoms with Gasteiger partial charge in [-0.15, -0.1) is 0 Å². The molecule has 5 nitrogen and oxygen atoms in total. The number of aromatic nitrogens is 1. The zero-order chi connectivity index (χ0) is 19.3. The van der Waals surface area contributed by atoms with Crippen molar-refractivity contribution >= 4 is 40.2 Å².